The summed E-state index contributed by atoms with van der Waals surface area (Å²) >= 11 is 3.82. The van der Waals surface area contributed by atoms with Gasteiger partial charge in [-0.3, -0.25) is 0 Å². The van der Waals surface area contributed by atoms with Crippen molar-refractivity contribution in [3.05, 3.63) is 44.3 Å². The van der Waals surface area contributed by atoms with Gasteiger partial charge < -0.3 is 5.32 Å². The first kappa shape index (κ1) is 13.2. The van der Waals surface area contributed by atoms with Crippen molar-refractivity contribution in [2.45, 2.75) is 0 Å². The van der Waals surface area contributed by atoms with E-state index >= 15 is 0 Å². The van der Waals surface area contributed by atoms with Crippen molar-refractivity contribution < 1.29 is 10.1 Å². The molecule has 0 unspecified atom stereocenters. The highest BCUT2D eigenvalue weighted by atomic mass is 127. The Bertz CT molecular complexity index is 805. The topological polar surface area (TPSA) is 78.1 Å². The molecule has 1 aromatic carbocycles. The molecule has 0 spiro atoms. The predicted molar refractivity (Wildman–Crippen MR) is 84.9 cm³/mol. The third-order valence-electron chi connectivity index (χ3n) is 2.59. The third-order valence-corrected chi connectivity index (χ3v) is 4.75. The minimum Gasteiger partial charge on any atom is -0.324 e. The number of anilines is 2. The fourth-order valence-electron chi connectivity index (χ4n) is 1.69. The molecule has 3 rings (SSSR count). The number of benzene rings is 1. The van der Waals surface area contributed by atoms with Crippen LogP contribution in [-0.4, -0.2) is 20.1 Å². The number of nitrogens with zero attached hydrogens (tertiary/aromatic N) is 3. The molecule has 0 fully saturated rings. The van der Waals surface area contributed by atoms with Crippen LogP contribution in [-0.2, 0) is 0 Å². The van der Waals surface area contributed by atoms with Crippen LogP contribution in [0.15, 0.2) is 35.8 Å². The monoisotopic (exact) mass is 399 g/mol. The Morgan fingerprint density at radius 2 is 2.25 bits per heavy atom. The van der Waals surface area contributed by atoms with Gasteiger partial charge in [-0.15, -0.1) is 11.3 Å². The molecule has 2 aromatic heterocycles. The van der Waals surface area contributed by atoms with Crippen molar-refractivity contribution in [2.24, 2.45) is 0 Å². The summed E-state index contributed by atoms with van der Waals surface area (Å²) in [5.41, 5.74) is 1.67. The van der Waals surface area contributed by atoms with Gasteiger partial charge in [-0.2, -0.15) is 0 Å². The SMILES string of the molecule is O=[N+](O)c1cccc(Nc2ncc3scc(I)c3n2)c1. The van der Waals surface area contributed by atoms with E-state index in [0.29, 0.717) is 11.6 Å². The summed E-state index contributed by atoms with van der Waals surface area (Å²) in [6.45, 7) is 0. The number of fused-ring (bicyclic) bond motifs is 1. The molecular formula is C12H8IN4O2S+. The Morgan fingerprint density at radius 1 is 1.40 bits per heavy atom. The van der Waals surface area contributed by atoms with Crippen molar-refractivity contribution in [2.75, 3.05) is 5.32 Å². The fourth-order valence-corrected chi connectivity index (χ4v) is 3.39. The molecule has 3 aromatic rings. The van der Waals surface area contributed by atoms with Gasteiger partial charge >= 0.3 is 5.69 Å². The summed E-state index contributed by atoms with van der Waals surface area (Å²) in [6.07, 6.45) is 1.76. The molecule has 0 aliphatic carbocycles. The normalized spacial score (nSPS) is 10.7. The van der Waals surface area contributed by atoms with E-state index in [2.05, 4.69) is 37.9 Å². The van der Waals surface area contributed by atoms with Crippen molar-refractivity contribution in [3.63, 3.8) is 0 Å². The highest BCUT2D eigenvalue weighted by Gasteiger charge is 2.12. The van der Waals surface area contributed by atoms with E-state index in [0.717, 1.165) is 13.8 Å². The minimum atomic E-state index is -0.183. The van der Waals surface area contributed by atoms with Gasteiger partial charge in [-0.05, 0) is 28.7 Å². The van der Waals surface area contributed by atoms with Crippen LogP contribution in [0.5, 0.6) is 0 Å². The molecule has 2 N–H and O–H groups in total. The highest BCUT2D eigenvalue weighted by Crippen LogP contribution is 2.26. The Kier molecular flexibility index (Phi) is 3.49. The van der Waals surface area contributed by atoms with Gasteiger partial charge in [0.15, 0.2) is 0 Å². The number of thiophene rings is 1. The Labute approximate surface area is 131 Å². The van der Waals surface area contributed by atoms with Crippen molar-refractivity contribution >= 4 is 61.5 Å². The maximum absolute atomic E-state index is 10.8. The maximum atomic E-state index is 10.8. The Hall–Kier alpha value is -1.81. The molecule has 6 nitrogen and oxygen atoms in total. The first-order chi connectivity index (χ1) is 9.63. The van der Waals surface area contributed by atoms with Crippen molar-refractivity contribution in [1.29, 1.82) is 0 Å². The van der Waals surface area contributed by atoms with E-state index in [1.807, 2.05) is 5.38 Å². The van der Waals surface area contributed by atoms with Gasteiger partial charge in [0, 0.05) is 23.2 Å². The molecule has 0 bridgehead atoms. The lowest BCUT2D eigenvalue weighted by molar-refractivity contribution is -0.729. The number of hydrogen-bond acceptors (Lipinski definition) is 5. The highest BCUT2D eigenvalue weighted by molar-refractivity contribution is 14.1. The van der Waals surface area contributed by atoms with Crippen LogP contribution >= 0.6 is 33.9 Å². The molecular weight excluding hydrogens is 391 g/mol. The van der Waals surface area contributed by atoms with Crippen LogP contribution in [0.2, 0.25) is 0 Å². The molecule has 0 saturated carbocycles. The second-order valence-corrected chi connectivity index (χ2v) is 6.01. The van der Waals surface area contributed by atoms with E-state index in [9.17, 15) is 4.91 Å². The van der Waals surface area contributed by atoms with Crippen LogP contribution in [0.25, 0.3) is 10.2 Å². The van der Waals surface area contributed by atoms with Crippen molar-refractivity contribution in [3.8, 4) is 0 Å². The number of hydrogen-bond donors (Lipinski definition) is 2. The number of aromatic nitrogens is 2. The molecule has 8 heteroatoms. The molecule has 0 saturated heterocycles. The van der Waals surface area contributed by atoms with Gasteiger partial charge in [0.05, 0.1) is 24.9 Å². The van der Waals surface area contributed by atoms with Gasteiger partial charge in [0.2, 0.25) is 5.95 Å². The summed E-state index contributed by atoms with van der Waals surface area (Å²) in [5, 5.41) is 13.9. The first-order valence-electron chi connectivity index (χ1n) is 5.56. The molecule has 20 heavy (non-hydrogen) atoms. The van der Waals surface area contributed by atoms with Crippen molar-refractivity contribution in [1.82, 2.24) is 9.97 Å². The number of rotatable bonds is 3. The summed E-state index contributed by atoms with van der Waals surface area (Å²) in [4.78, 5) is 19.3. The first-order valence-corrected chi connectivity index (χ1v) is 7.52. The van der Waals surface area contributed by atoms with E-state index in [4.69, 9.17) is 5.21 Å². The van der Waals surface area contributed by atoms with Crippen LogP contribution in [0.3, 0.4) is 0 Å². The summed E-state index contributed by atoms with van der Waals surface area (Å²) in [5.74, 6) is 0.446. The molecule has 0 amide bonds. The summed E-state index contributed by atoms with van der Waals surface area (Å²) in [7, 11) is 0. The summed E-state index contributed by atoms with van der Waals surface area (Å²) in [6, 6.07) is 6.44. The zero-order valence-corrected chi connectivity index (χ0v) is 12.9. The third kappa shape index (κ3) is 2.56. The molecule has 0 aliphatic rings. The Balaban J connectivity index is 1.94. The van der Waals surface area contributed by atoms with E-state index in [-0.39, 0.29) is 10.6 Å². The number of nitrogens with one attached hydrogen (secondary N) is 1. The average molecular weight is 399 g/mol. The summed E-state index contributed by atoms with van der Waals surface area (Å²) < 4.78 is 2.10. The Morgan fingerprint density at radius 3 is 3.05 bits per heavy atom. The standard InChI is InChI=1S/C12H8IN4O2S/c13-9-6-20-10-5-14-12(16-11(9)10)15-7-2-1-3-8(4-7)17(18)19/h1-6H,(H,18,19)(H,14,15,16)/q+1. The van der Waals surface area contributed by atoms with Crippen LogP contribution in [0.1, 0.15) is 0 Å². The van der Waals surface area contributed by atoms with Gasteiger partial charge in [-0.25, -0.2) is 15.2 Å². The molecule has 0 aliphatic heterocycles. The maximum Gasteiger partial charge on any atom is 0.318 e. The van der Waals surface area contributed by atoms with Gasteiger partial charge in [0.1, 0.15) is 0 Å². The lowest BCUT2D eigenvalue weighted by Crippen LogP contribution is -1.98. The van der Waals surface area contributed by atoms with Gasteiger partial charge in [-0.1, -0.05) is 6.07 Å². The average Bonchev–Trinajstić information content (AvgIpc) is 2.81. The predicted octanol–water partition coefficient (Wildman–Crippen LogP) is 3.84. The van der Waals surface area contributed by atoms with Gasteiger partial charge in [0.25, 0.3) is 4.92 Å². The second-order valence-electron chi connectivity index (χ2n) is 3.94. The lowest BCUT2D eigenvalue weighted by Gasteiger charge is -2.03. The zero-order valence-electron chi connectivity index (χ0n) is 9.95. The molecule has 2 heterocycles. The zero-order chi connectivity index (χ0) is 14.1. The van der Waals surface area contributed by atoms with E-state index < -0.39 is 0 Å². The van der Waals surface area contributed by atoms with E-state index in [1.165, 1.54) is 12.1 Å². The van der Waals surface area contributed by atoms with Crippen LogP contribution < -0.4 is 5.32 Å². The second kappa shape index (κ2) is 5.29. The van der Waals surface area contributed by atoms with Crippen LogP contribution in [0.4, 0.5) is 17.3 Å². The lowest BCUT2D eigenvalue weighted by atomic mass is 10.3. The fraction of sp³-hybridized carbons (Fsp3) is 0. The molecule has 0 atom stereocenters. The quantitative estimate of drug-likeness (QED) is 0.517. The molecule has 0 radical (unpaired) electrons. The molecule has 100 valence electrons. The van der Waals surface area contributed by atoms with Crippen LogP contribution in [0, 0.1) is 8.48 Å². The smallest absolute Gasteiger partial charge is 0.318 e. The largest absolute Gasteiger partial charge is 0.324 e. The minimum absolute atomic E-state index is 0.140. The van der Waals surface area contributed by atoms with E-state index in [1.54, 1.807) is 29.7 Å². The number of halogens is 1.